The zero-order valence-corrected chi connectivity index (χ0v) is 12.2. The number of aromatic nitrogens is 2. The highest BCUT2D eigenvalue weighted by Gasteiger charge is 2.33. The molecule has 0 unspecified atom stereocenters. The lowest BCUT2D eigenvalue weighted by Gasteiger charge is -2.17. The van der Waals surface area contributed by atoms with E-state index in [1.165, 1.54) is 0 Å². The molecule has 1 aliphatic heterocycles. The van der Waals surface area contributed by atoms with Crippen LogP contribution in [0, 0.1) is 0 Å². The number of hydrogen-bond acceptors (Lipinski definition) is 4. The minimum atomic E-state index is -0.00233. The van der Waals surface area contributed by atoms with E-state index in [2.05, 4.69) is 14.9 Å². The molecule has 3 rings (SSSR count). The Labute approximate surface area is 127 Å². The monoisotopic (exact) mass is 308 g/mol. The summed E-state index contributed by atoms with van der Waals surface area (Å²) >= 11 is 12.2. The van der Waals surface area contributed by atoms with Crippen molar-refractivity contribution in [1.82, 2.24) is 9.97 Å². The van der Waals surface area contributed by atoms with Crippen molar-refractivity contribution in [3.8, 4) is 0 Å². The predicted octanol–water partition coefficient (Wildman–Crippen LogP) is 2.71. The van der Waals surface area contributed by atoms with Crippen LogP contribution in [0.5, 0.6) is 0 Å². The molecular weight excluding hydrogens is 295 g/mol. The van der Waals surface area contributed by atoms with Gasteiger partial charge in [-0.3, -0.25) is 0 Å². The second-order valence-corrected chi connectivity index (χ2v) is 5.73. The van der Waals surface area contributed by atoms with Crippen molar-refractivity contribution in [2.75, 3.05) is 18.0 Å². The van der Waals surface area contributed by atoms with Gasteiger partial charge in [-0.25, -0.2) is 9.97 Å². The molecule has 104 valence electrons. The summed E-state index contributed by atoms with van der Waals surface area (Å²) in [6, 6.07) is 7.35. The summed E-state index contributed by atoms with van der Waals surface area (Å²) in [7, 11) is 0. The SMILES string of the molecule is N[C@H]1CN(c2ncccn2)C[C@@H]1c1ccc(Cl)cc1Cl. The van der Waals surface area contributed by atoms with Crippen LogP contribution in [-0.2, 0) is 0 Å². The van der Waals surface area contributed by atoms with Crippen LogP contribution in [0.4, 0.5) is 5.95 Å². The minimum absolute atomic E-state index is 0.00233. The minimum Gasteiger partial charge on any atom is -0.339 e. The molecule has 0 saturated carbocycles. The summed E-state index contributed by atoms with van der Waals surface area (Å²) in [6.07, 6.45) is 3.47. The van der Waals surface area contributed by atoms with Crippen molar-refractivity contribution in [3.63, 3.8) is 0 Å². The molecule has 1 aromatic heterocycles. The zero-order valence-electron chi connectivity index (χ0n) is 10.7. The molecule has 0 aliphatic carbocycles. The zero-order chi connectivity index (χ0) is 14.1. The van der Waals surface area contributed by atoms with Gasteiger partial charge in [-0.05, 0) is 23.8 Å². The molecule has 2 aromatic rings. The first-order valence-corrected chi connectivity index (χ1v) is 7.13. The van der Waals surface area contributed by atoms with Gasteiger partial charge in [0.1, 0.15) is 0 Å². The van der Waals surface area contributed by atoms with Gasteiger partial charge < -0.3 is 10.6 Å². The molecule has 1 aliphatic rings. The average Bonchev–Trinajstić information content (AvgIpc) is 2.82. The lowest BCUT2D eigenvalue weighted by molar-refractivity contribution is 0.653. The first kappa shape index (κ1) is 13.6. The van der Waals surface area contributed by atoms with Gasteiger partial charge in [0.05, 0.1) is 0 Å². The summed E-state index contributed by atoms with van der Waals surface area (Å²) in [5.74, 6) is 0.860. The molecule has 2 heterocycles. The highest BCUT2D eigenvalue weighted by molar-refractivity contribution is 6.35. The number of hydrogen-bond donors (Lipinski definition) is 1. The summed E-state index contributed by atoms with van der Waals surface area (Å²) in [5, 5.41) is 1.29. The first-order valence-electron chi connectivity index (χ1n) is 6.37. The molecule has 0 amide bonds. The van der Waals surface area contributed by atoms with Crippen molar-refractivity contribution in [2.45, 2.75) is 12.0 Å². The van der Waals surface area contributed by atoms with E-state index in [1.807, 2.05) is 12.1 Å². The lowest BCUT2D eigenvalue weighted by atomic mass is 9.95. The molecule has 0 spiro atoms. The van der Waals surface area contributed by atoms with Gasteiger partial charge in [0.15, 0.2) is 0 Å². The summed E-state index contributed by atoms with van der Waals surface area (Å²) < 4.78 is 0. The molecule has 2 N–H and O–H groups in total. The third-order valence-electron chi connectivity index (χ3n) is 3.56. The van der Waals surface area contributed by atoms with Crippen LogP contribution in [0.3, 0.4) is 0 Å². The Morgan fingerprint density at radius 1 is 1.15 bits per heavy atom. The second kappa shape index (κ2) is 5.56. The number of nitrogens with two attached hydrogens (primary N) is 1. The van der Waals surface area contributed by atoms with Gasteiger partial charge in [-0.15, -0.1) is 0 Å². The predicted molar refractivity (Wildman–Crippen MR) is 81.4 cm³/mol. The van der Waals surface area contributed by atoms with Gasteiger partial charge in [0.2, 0.25) is 5.95 Å². The average molecular weight is 309 g/mol. The fourth-order valence-electron chi connectivity index (χ4n) is 2.58. The number of rotatable bonds is 2. The Bertz CT molecular complexity index is 605. The molecule has 1 saturated heterocycles. The van der Waals surface area contributed by atoms with E-state index in [4.69, 9.17) is 28.9 Å². The third-order valence-corrected chi connectivity index (χ3v) is 4.12. The maximum Gasteiger partial charge on any atom is 0.225 e. The van der Waals surface area contributed by atoms with E-state index < -0.39 is 0 Å². The van der Waals surface area contributed by atoms with Crippen molar-refractivity contribution in [2.24, 2.45) is 5.73 Å². The maximum atomic E-state index is 6.28. The molecule has 1 fully saturated rings. The van der Waals surface area contributed by atoms with Crippen LogP contribution < -0.4 is 10.6 Å². The molecule has 2 atom stereocenters. The van der Waals surface area contributed by atoms with E-state index in [0.717, 1.165) is 12.1 Å². The summed E-state index contributed by atoms with van der Waals surface area (Å²) in [4.78, 5) is 10.6. The van der Waals surface area contributed by atoms with Gasteiger partial charge >= 0.3 is 0 Å². The Morgan fingerprint density at radius 2 is 1.90 bits per heavy atom. The molecular formula is C14H14Cl2N4. The van der Waals surface area contributed by atoms with Crippen LogP contribution in [0.1, 0.15) is 11.5 Å². The summed E-state index contributed by atoms with van der Waals surface area (Å²) in [6.45, 7) is 1.47. The van der Waals surface area contributed by atoms with Crippen LogP contribution in [0.25, 0.3) is 0 Å². The van der Waals surface area contributed by atoms with Crippen LogP contribution in [0.15, 0.2) is 36.7 Å². The van der Waals surface area contributed by atoms with E-state index in [0.29, 0.717) is 22.5 Å². The van der Waals surface area contributed by atoms with Gasteiger partial charge in [0, 0.05) is 47.5 Å². The molecule has 6 heteroatoms. The van der Waals surface area contributed by atoms with E-state index in [1.54, 1.807) is 24.5 Å². The highest BCUT2D eigenvalue weighted by atomic mass is 35.5. The van der Waals surface area contributed by atoms with Crippen molar-refractivity contribution >= 4 is 29.2 Å². The van der Waals surface area contributed by atoms with Crippen LogP contribution in [-0.4, -0.2) is 29.1 Å². The van der Waals surface area contributed by atoms with Crippen LogP contribution >= 0.6 is 23.2 Å². The van der Waals surface area contributed by atoms with Gasteiger partial charge in [0.25, 0.3) is 0 Å². The number of halogens is 2. The molecule has 4 nitrogen and oxygen atoms in total. The number of benzene rings is 1. The second-order valence-electron chi connectivity index (χ2n) is 4.89. The molecule has 0 bridgehead atoms. The standard InChI is InChI=1S/C14H14Cl2N4/c15-9-2-3-10(12(16)6-9)11-7-20(8-13(11)17)14-18-4-1-5-19-14/h1-6,11,13H,7-8,17H2/t11-,13+/m1/s1. The van der Waals surface area contributed by atoms with Crippen molar-refractivity contribution in [3.05, 3.63) is 52.3 Å². The number of nitrogens with zero attached hydrogens (tertiary/aromatic N) is 3. The van der Waals surface area contributed by atoms with Gasteiger partial charge in [-0.2, -0.15) is 0 Å². The Morgan fingerprint density at radius 3 is 2.60 bits per heavy atom. The molecule has 0 radical (unpaired) electrons. The normalized spacial score (nSPS) is 22.2. The first-order chi connectivity index (χ1) is 9.65. The lowest BCUT2D eigenvalue weighted by Crippen LogP contribution is -2.29. The summed E-state index contributed by atoms with van der Waals surface area (Å²) in [5.41, 5.74) is 7.29. The maximum absolute atomic E-state index is 6.28. The molecule has 1 aromatic carbocycles. The largest absolute Gasteiger partial charge is 0.339 e. The van der Waals surface area contributed by atoms with E-state index in [9.17, 15) is 0 Å². The van der Waals surface area contributed by atoms with Gasteiger partial charge in [-0.1, -0.05) is 29.3 Å². The Balaban J connectivity index is 1.85. The fraction of sp³-hybridized carbons (Fsp3) is 0.286. The van der Waals surface area contributed by atoms with Crippen LogP contribution in [0.2, 0.25) is 10.0 Å². The topological polar surface area (TPSA) is 55.0 Å². The Kier molecular flexibility index (Phi) is 3.78. The third kappa shape index (κ3) is 2.59. The highest BCUT2D eigenvalue weighted by Crippen LogP contribution is 2.34. The Hall–Kier alpha value is -1.36. The quantitative estimate of drug-likeness (QED) is 0.927. The number of anilines is 1. The van der Waals surface area contributed by atoms with Crippen molar-refractivity contribution < 1.29 is 0 Å². The smallest absolute Gasteiger partial charge is 0.225 e. The van der Waals surface area contributed by atoms with E-state index in [-0.39, 0.29) is 12.0 Å². The molecule has 20 heavy (non-hydrogen) atoms. The fourth-order valence-corrected chi connectivity index (χ4v) is 3.13. The van der Waals surface area contributed by atoms with E-state index >= 15 is 0 Å². The van der Waals surface area contributed by atoms with Crippen molar-refractivity contribution in [1.29, 1.82) is 0 Å².